The van der Waals surface area contributed by atoms with Gasteiger partial charge in [-0.1, -0.05) is 70.8 Å². The predicted molar refractivity (Wildman–Crippen MR) is 81.9 cm³/mol. The van der Waals surface area contributed by atoms with Gasteiger partial charge < -0.3 is 1.43 Å². The molecule has 0 rings (SSSR count). The Hall–Kier alpha value is 0.610. The largest absolute Gasteiger partial charge is 1.00 e. The number of rotatable bonds is 11. The van der Waals surface area contributed by atoms with Crippen LogP contribution in [0.3, 0.4) is 0 Å². The van der Waals surface area contributed by atoms with Gasteiger partial charge in [0.1, 0.15) is 0 Å². The van der Waals surface area contributed by atoms with E-state index in [0.717, 1.165) is 0 Å². The van der Waals surface area contributed by atoms with Gasteiger partial charge in [0.25, 0.3) is 0 Å². The van der Waals surface area contributed by atoms with Gasteiger partial charge in [-0.3, -0.25) is 9.11 Å². The number of hydrogen-bond donors (Lipinski definition) is 2. The van der Waals surface area contributed by atoms with Crippen LogP contribution in [0.4, 0.5) is 0 Å². The van der Waals surface area contributed by atoms with E-state index < -0.39 is 10.4 Å². The standard InChI is InChI=1S/C14H28.Na.H2O4S.H/c1-3-5-7-9-11-13-14-12-10-8-6-4-2;;1-5(2,3)4;/h3H,1,4-14H2,2H3;;(H2,1,2,3,4);/q;+1;;-1. The Kier molecular flexibility index (Phi) is 25.1. The summed E-state index contributed by atoms with van der Waals surface area (Å²) < 4.78 is 31.6. The molecule has 0 aliphatic rings. The molecule has 0 fully saturated rings. The van der Waals surface area contributed by atoms with Crippen molar-refractivity contribution in [3.8, 4) is 0 Å². The van der Waals surface area contributed by atoms with Crippen molar-refractivity contribution >= 4 is 10.4 Å². The van der Waals surface area contributed by atoms with Crippen LogP contribution < -0.4 is 29.6 Å². The molecular weight excluding hydrogens is 287 g/mol. The molecule has 0 saturated heterocycles. The summed E-state index contributed by atoms with van der Waals surface area (Å²) in [6.07, 6.45) is 17.5. The van der Waals surface area contributed by atoms with Gasteiger partial charge in [0, 0.05) is 0 Å². The first-order valence-corrected chi connectivity index (χ1v) is 8.62. The van der Waals surface area contributed by atoms with E-state index in [0.29, 0.717) is 0 Å². The molecule has 0 unspecified atom stereocenters. The van der Waals surface area contributed by atoms with E-state index in [2.05, 4.69) is 13.5 Å². The number of unbranched alkanes of at least 4 members (excludes halogenated alkanes) is 10. The zero-order valence-electron chi connectivity index (χ0n) is 14.2. The molecule has 0 aromatic heterocycles. The molecule has 0 radical (unpaired) electrons. The van der Waals surface area contributed by atoms with Gasteiger partial charge in [0.05, 0.1) is 0 Å². The van der Waals surface area contributed by atoms with Crippen LogP contribution in [-0.4, -0.2) is 17.5 Å². The van der Waals surface area contributed by atoms with Gasteiger partial charge in [-0.2, -0.15) is 8.42 Å². The second-order valence-corrected chi connectivity index (χ2v) is 5.60. The van der Waals surface area contributed by atoms with E-state index in [4.69, 9.17) is 17.5 Å². The van der Waals surface area contributed by atoms with E-state index in [1.807, 2.05) is 6.08 Å². The fourth-order valence-electron chi connectivity index (χ4n) is 1.78. The third kappa shape index (κ3) is 42.8. The zero-order chi connectivity index (χ0) is 15.0. The molecule has 20 heavy (non-hydrogen) atoms. The van der Waals surface area contributed by atoms with Crippen LogP contribution in [-0.2, 0) is 10.4 Å². The van der Waals surface area contributed by atoms with Crippen LogP contribution in [0.5, 0.6) is 0 Å². The molecule has 4 nitrogen and oxygen atoms in total. The summed E-state index contributed by atoms with van der Waals surface area (Å²) >= 11 is 0. The molecule has 0 aromatic rings. The molecule has 2 N–H and O–H groups in total. The van der Waals surface area contributed by atoms with Crippen LogP contribution in [0.25, 0.3) is 0 Å². The van der Waals surface area contributed by atoms with Crippen molar-refractivity contribution in [3.63, 3.8) is 0 Å². The molecular formula is C14H31NaO4S. The van der Waals surface area contributed by atoms with Crippen molar-refractivity contribution < 1.29 is 48.5 Å². The van der Waals surface area contributed by atoms with Crippen molar-refractivity contribution in [3.05, 3.63) is 12.7 Å². The van der Waals surface area contributed by atoms with Crippen molar-refractivity contribution in [2.45, 2.75) is 77.6 Å². The predicted octanol–water partition coefficient (Wildman–Crippen LogP) is 1.95. The quantitative estimate of drug-likeness (QED) is 0.264. The van der Waals surface area contributed by atoms with Gasteiger partial charge in [0.15, 0.2) is 0 Å². The van der Waals surface area contributed by atoms with E-state index in [1.165, 1.54) is 70.6 Å². The second kappa shape index (κ2) is 19.6. The first-order chi connectivity index (χ1) is 8.91. The second-order valence-electron chi connectivity index (χ2n) is 4.71. The summed E-state index contributed by atoms with van der Waals surface area (Å²) in [6.45, 7) is 6.01. The average Bonchev–Trinajstić information content (AvgIpc) is 2.29. The Labute approximate surface area is 148 Å². The molecule has 0 aliphatic carbocycles. The Morgan fingerprint density at radius 2 is 1.20 bits per heavy atom. The van der Waals surface area contributed by atoms with Gasteiger partial charge in [0.2, 0.25) is 0 Å². The molecule has 0 spiro atoms. The smallest absolute Gasteiger partial charge is 1.00 e. The van der Waals surface area contributed by atoms with Crippen molar-refractivity contribution in [1.29, 1.82) is 0 Å². The fourth-order valence-corrected chi connectivity index (χ4v) is 1.78. The maximum Gasteiger partial charge on any atom is 1.00 e. The summed E-state index contributed by atoms with van der Waals surface area (Å²) in [5.41, 5.74) is 0. The molecule has 0 saturated carbocycles. The summed E-state index contributed by atoms with van der Waals surface area (Å²) in [5.74, 6) is 0. The topological polar surface area (TPSA) is 74.6 Å². The van der Waals surface area contributed by atoms with Gasteiger partial charge >= 0.3 is 40.0 Å². The normalized spacial score (nSPS) is 10.2. The minimum absolute atomic E-state index is 0. The molecule has 0 heterocycles. The molecule has 118 valence electrons. The maximum absolute atomic E-state index is 8.74. The number of hydrogen-bond acceptors (Lipinski definition) is 2. The van der Waals surface area contributed by atoms with Crippen LogP contribution in [0.1, 0.15) is 79.0 Å². The fraction of sp³-hybridized carbons (Fsp3) is 0.857. The number of allylic oxidation sites excluding steroid dienone is 1. The summed E-state index contributed by atoms with van der Waals surface area (Å²) in [7, 11) is -4.67. The van der Waals surface area contributed by atoms with Gasteiger partial charge in [-0.05, 0) is 12.8 Å². The third-order valence-electron chi connectivity index (χ3n) is 2.76. The molecule has 0 aromatic carbocycles. The van der Waals surface area contributed by atoms with Crippen LogP contribution in [0, 0.1) is 0 Å². The molecule has 6 heteroatoms. The first kappa shape index (κ1) is 25.6. The van der Waals surface area contributed by atoms with Crippen LogP contribution >= 0.6 is 0 Å². The van der Waals surface area contributed by atoms with E-state index in [-0.39, 0.29) is 31.0 Å². The van der Waals surface area contributed by atoms with Crippen molar-refractivity contribution in [2.24, 2.45) is 0 Å². The maximum atomic E-state index is 8.74. The summed E-state index contributed by atoms with van der Waals surface area (Å²) in [6, 6.07) is 0. The Balaban J connectivity index is -0.000000179. The minimum Gasteiger partial charge on any atom is -1.00 e. The molecule has 0 atom stereocenters. The van der Waals surface area contributed by atoms with E-state index in [1.54, 1.807) is 0 Å². The third-order valence-corrected chi connectivity index (χ3v) is 2.76. The zero-order valence-corrected chi connectivity index (χ0v) is 16.0. The summed E-state index contributed by atoms with van der Waals surface area (Å²) in [4.78, 5) is 0. The van der Waals surface area contributed by atoms with Gasteiger partial charge in [-0.15, -0.1) is 6.58 Å². The van der Waals surface area contributed by atoms with E-state index in [9.17, 15) is 0 Å². The monoisotopic (exact) mass is 318 g/mol. The minimum atomic E-state index is -4.67. The Bertz CT molecular complexity index is 277. The SMILES string of the molecule is C=CCCCCCCCCCCCC.O=S(=O)(O)O.[H-].[Na+]. The molecule has 0 bridgehead atoms. The average molecular weight is 318 g/mol. The molecule has 0 aliphatic heterocycles. The summed E-state index contributed by atoms with van der Waals surface area (Å²) in [5, 5.41) is 0. The van der Waals surface area contributed by atoms with E-state index >= 15 is 0 Å². The van der Waals surface area contributed by atoms with Crippen molar-refractivity contribution in [2.75, 3.05) is 0 Å². The first-order valence-electron chi connectivity index (χ1n) is 7.22. The van der Waals surface area contributed by atoms with Crippen molar-refractivity contribution in [1.82, 2.24) is 0 Å². The van der Waals surface area contributed by atoms with Crippen LogP contribution in [0.15, 0.2) is 12.7 Å². The Morgan fingerprint density at radius 3 is 1.50 bits per heavy atom. The Morgan fingerprint density at radius 1 is 0.900 bits per heavy atom. The van der Waals surface area contributed by atoms with Gasteiger partial charge in [-0.25, -0.2) is 0 Å². The molecule has 0 amide bonds. The van der Waals surface area contributed by atoms with Crippen LogP contribution in [0.2, 0.25) is 0 Å².